The summed E-state index contributed by atoms with van der Waals surface area (Å²) >= 11 is 3.62. The first kappa shape index (κ1) is 15.5. The van der Waals surface area contributed by atoms with Crippen LogP contribution in [0, 0.1) is 6.92 Å². The van der Waals surface area contributed by atoms with E-state index in [9.17, 15) is 0 Å². The predicted octanol–water partition coefficient (Wildman–Crippen LogP) is 5.15. The van der Waals surface area contributed by atoms with Crippen LogP contribution in [0.5, 0.6) is 0 Å². The third-order valence-corrected chi connectivity index (χ3v) is 4.04. The fourth-order valence-corrected chi connectivity index (χ4v) is 2.46. The monoisotopic (exact) mass is 309 g/mol. The number of hydrogen-bond donors (Lipinski definition) is 1. The lowest BCUT2D eigenvalue weighted by atomic mass is 9.96. The zero-order valence-electron chi connectivity index (χ0n) is 11.7. The summed E-state index contributed by atoms with van der Waals surface area (Å²) in [6.45, 7) is 11.6. The van der Waals surface area contributed by atoms with Crippen LogP contribution in [0.25, 0.3) is 0 Å². The first-order valence-corrected chi connectivity index (χ1v) is 7.48. The largest absolute Gasteiger partial charge is 0.310 e. The number of benzene rings is 1. The molecule has 0 saturated heterocycles. The molecule has 0 heterocycles. The van der Waals surface area contributed by atoms with Gasteiger partial charge in [0.15, 0.2) is 0 Å². The van der Waals surface area contributed by atoms with Gasteiger partial charge >= 0.3 is 0 Å². The van der Waals surface area contributed by atoms with Crippen LogP contribution in [0.3, 0.4) is 0 Å². The molecule has 1 rings (SSSR count). The molecule has 100 valence electrons. The van der Waals surface area contributed by atoms with Crippen molar-refractivity contribution in [3.63, 3.8) is 0 Å². The maximum absolute atomic E-state index is 4.00. The Morgan fingerprint density at radius 1 is 1.44 bits per heavy atom. The average Bonchev–Trinajstić information content (AvgIpc) is 2.33. The molecular weight excluding hydrogens is 286 g/mol. The second-order valence-electron chi connectivity index (χ2n) is 4.96. The van der Waals surface area contributed by atoms with Crippen molar-refractivity contribution in [2.24, 2.45) is 0 Å². The molecule has 1 nitrogen and oxygen atoms in total. The maximum Gasteiger partial charge on any atom is 0.0326 e. The lowest BCUT2D eigenvalue weighted by Gasteiger charge is -2.21. The van der Waals surface area contributed by atoms with Crippen LogP contribution in [-0.4, -0.2) is 6.54 Å². The Kier molecular flexibility index (Phi) is 6.66. The quantitative estimate of drug-likeness (QED) is 0.686. The van der Waals surface area contributed by atoms with E-state index in [0.29, 0.717) is 6.04 Å². The fraction of sp³-hybridized carbons (Fsp3) is 0.500. The van der Waals surface area contributed by atoms with Crippen molar-refractivity contribution < 1.29 is 0 Å². The number of halogens is 1. The van der Waals surface area contributed by atoms with E-state index in [4.69, 9.17) is 0 Å². The molecule has 1 atom stereocenters. The SMILES string of the molecule is C=C(C)CCC(NCCC)c1cccc(Br)c1C. The summed E-state index contributed by atoms with van der Waals surface area (Å²) in [5.41, 5.74) is 4.00. The van der Waals surface area contributed by atoms with Crippen LogP contribution in [-0.2, 0) is 0 Å². The molecule has 0 aromatic heterocycles. The zero-order chi connectivity index (χ0) is 13.5. The Labute approximate surface area is 120 Å². The molecule has 18 heavy (non-hydrogen) atoms. The highest BCUT2D eigenvalue weighted by molar-refractivity contribution is 9.10. The number of rotatable bonds is 7. The molecule has 0 saturated carbocycles. The van der Waals surface area contributed by atoms with E-state index in [0.717, 1.165) is 25.8 Å². The zero-order valence-corrected chi connectivity index (χ0v) is 13.3. The molecule has 0 fully saturated rings. The molecular formula is C16H24BrN. The highest BCUT2D eigenvalue weighted by Crippen LogP contribution is 2.28. The van der Waals surface area contributed by atoms with Crippen molar-refractivity contribution in [2.45, 2.75) is 46.1 Å². The van der Waals surface area contributed by atoms with Crippen molar-refractivity contribution in [1.29, 1.82) is 0 Å². The molecule has 0 bridgehead atoms. The number of allylic oxidation sites excluding steroid dienone is 1. The molecule has 0 aliphatic carbocycles. The van der Waals surface area contributed by atoms with E-state index in [1.807, 2.05) is 0 Å². The van der Waals surface area contributed by atoms with Crippen LogP contribution in [0.2, 0.25) is 0 Å². The van der Waals surface area contributed by atoms with Gasteiger partial charge in [0, 0.05) is 10.5 Å². The van der Waals surface area contributed by atoms with Crippen molar-refractivity contribution in [1.82, 2.24) is 5.32 Å². The summed E-state index contributed by atoms with van der Waals surface area (Å²) in [7, 11) is 0. The second-order valence-corrected chi connectivity index (χ2v) is 5.81. The van der Waals surface area contributed by atoms with Crippen LogP contribution in [0.1, 0.15) is 50.3 Å². The van der Waals surface area contributed by atoms with Crippen LogP contribution in [0.15, 0.2) is 34.8 Å². The van der Waals surface area contributed by atoms with Gasteiger partial charge in [-0.15, -0.1) is 6.58 Å². The number of nitrogens with one attached hydrogen (secondary N) is 1. The van der Waals surface area contributed by atoms with Gasteiger partial charge in [0.05, 0.1) is 0 Å². The molecule has 0 aliphatic heterocycles. The van der Waals surface area contributed by atoms with Crippen LogP contribution >= 0.6 is 15.9 Å². The minimum absolute atomic E-state index is 0.430. The third kappa shape index (κ3) is 4.58. The lowest BCUT2D eigenvalue weighted by molar-refractivity contribution is 0.496. The van der Waals surface area contributed by atoms with E-state index < -0.39 is 0 Å². The lowest BCUT2D eigenvalue weighted by Crippen LogP contribution is -2.23. The Morgan fingerprint density at radius 3 is 2.78 bits per heavy atom. The molecule has 1 aromatic rings. The van der Waals surface area contributed by atoms with Crippen molar-refractivity contribution in [3.05, 3.63) is 46.0 Å². The highest BCUT2D eigenvalue weighted by Gasteiger charge is 2.13. The van der Waals surface area contributed by atoms with E-state index in [1.54, 1.807) is 0 Å². The number of hydrogen-bond acceptors (Lipinski definition) is 1. The summed E-state index contributed by atoms with van der Waals surface area (Å²) in [6.07, 6.45) is 3.36. The third-order valence-electron chi connectivity index (χ3n) is 3.19. The minimum Gasteiger partial charge on any atom is -0.310 e. The van der Waals surface area contributed by atoms with Gasteiger partial charge in [-0.1, -0.05) is 40.6 Å². The Bertz CT molecular complexity index is 398. The van der Waals surface area contributed by atoms with E-state index in [2.05, 4.69) is 66.8 Å². The second kappa shape index (κ2) is 7.75. The topological polar surface area (TPSA) is 12.0 Å². The van der Waals surface area contributed by atoms with Crippen LogP contribution < -0.4 is 5.32 Å². The van der Waals surface area contributed by atoms with Gasteiger partial charge in [-0.2, -0.15) is 0 Å². The molecule has 2 heteroatoms. The standard InChI is InChI=1S/C16H24BrN/c1-5-11-18-16(10-9-12(2)3)14-7-6-8-15(17)13(14)4/h6-8,16,18H,2,5,9-11H2,1,3-4H3. The summed E-state index contributed by atoms with van der Waals surface area (Å²) in [5.74, 6) is 0. The maximum atomic E-state index is 4.00. The molecule has 1 N–H and O–H groups in total. The molecule has 1 unspecified atom stereocenters. The summed E-state index contributed by atoms with van der Waals surface area (Å²) in [4.78, 5) is 0. The summed E-state index contributed by atoms with van der Waals surface area (Å²) < 4.78 is 1.19. The Balaban J connectivity index is 2.86. The normalized spacial score (nSPS) is 12.4. The average molecular weight is 310 g/mol. The van der Waals surface area contributed by atoms with Crippen molar-refractivity contribution in [3.8, 4) is 0 Å². The van der Waals surface area contributed by atoms with Gasteiger partial charge < -0.3 is 5.32 Å². The van der Waals surface area contributed by atoms with Crippen molar-refractivity contribution in [2.75, 3.05) is 6.54 Å². The Hall–Kier alpha value is -0.600. The first-order chi connectivity index (χ1) is 8.56. The van der Waals surface area contributed by atoms with Gasteiger partial charge in [-0.05, 0) is 56.8 Å². The van der Waals surface area contributed by atoms with Gasteiger partial charge in [-0.25, -0.2) is 0 Å². The van der Waals surface area contributed by atoms with Gasteiger partial charge in [-0.3, -0.25) is 0 Å². The summed E-state index contributed by atoms with van der Waals surface area (Å²) in [5, 5.41) is 3.65. The Morgan fingerprint density at radius 2 is 2.17 bits per heavy atom. The minimum atomic E-state index is 0.430. The molecule has 0 amide bonds. The van der Waals surface area contributed by atoms with E-state index >= 15 is 0 Å². The first-order valence-electron chi connectivity index (χ1n) is 6.69. The molecule has 0 aliphatic rings. The fourth-order valence-electron chi connectivity index (χ4n) is 2.08. The molecule has 0 radical (unpaired) electrons. The highest BCUT2D eigenvalue weighted by atomic mass is 79.9. The van der Waals surface area contributed by atoms with E-state index in [-0.39, 0.29) is 0 Å². The predicted molar refractivity (Wildman–Crippen MR) is 84.0 cm³/mol. The van der Waals surface area contributed by atoms with Crippen molar-refractivity contribution >= 4 is 15.9 Å². The summed E-state index contributed by atoms with van der Waals surface area (Å²) in [6, 6.07) is 6.88. The smallest absolute Gasteiger partial charge is 0.0326 e. The van der Waals surface area contributed by atoms with E-state index in [1.165, 1.54) is 21.2 Å². The molecule has 1 aromatic carbocycles. The molecule has 0 spiro atoms. The van der Waals surface area contributed by atoms with Gasteiger partial charge in [0.2, 0.25) is 0 Å². The van der Waals surface area contributed by atoms with Gasteiger partial charge in [0.25, 0.3) is 0 Å². The van der Waals surface area contributed by atoms with Crippen LogP contribution in [0.4, 0.5) is 0 Å². The van der Waals surface area contributed by atoms with Gasteiger partial charge in [0.1, 0.15) is 0 Å².